The summed E-state index contributed by atoms with van der Waals surface area (Å²) >= 11 is 0. The third-order valence-corrected chi connectivity index (χ3v) is 2.44. The predicted molar refractivity (Wildman–Crippen MR) is 57.9 cm³/mol. The van der Waals surface area contributed by atoms with Gasteiger partial charge in [-0.3, -0.25) is 0 Å². The zero-order valence-electron chi connectivity index (χ0n) is 9.10. The maximum Gasteiger partial charge on any atom is 0.231 e. The van der Waals surface area contributed by atoms with Crippen LogP contribution >= 0.6 is 0 Å². The molecule has 0 aliphatic carbocycles. The lowest BCUT2D eigenvalue weighted by atomic mass is 10.2. The van der Waals surface area contributed by atoms with E-state index < -0.39 is 6.10 Å². The topological polar surface area (TPSA) is 73.9 Å². The van der Waals surface area contributed by atoms with E-state index in [4.69, 9.17) is 19.9 Å². The van der Waals surface area contributed by atoms with Crippen LogP contribution in [0.2, 0.25) is 0 Å². The Balaban J connectivity index is 2.11. The molecule has 5 nitrogen and oxygen atoms in total. The van der Waals surface area contributed by atoms with Gasteiger partial charge in [0.2, 0.25) is 6.79 Å². The first-order valence-corrected chi connectivity index (χ1v) is 5.12. The van der Waals surface area contributed by atoms with Gasteiger partial charge >= 0.3 is 0 Å². The van der Waals surface area contributed by atoms with Crippen molar-refractivity contribution >= 4 is 0 Å². The van der Waals surface area contributed by atoms with Crippen LogP contribution in [0.3, 0.4) is 0 Å². The highest BCUT2D eigenvalue weighted by molar-refractivity contribution is 5.54. The average Bonchev–Trinajstić information content (AvgIpc) is 2.76. The quantitative estimate of drug-likeness (QED) is 0.777. The second-order valence-corrected chi connectivity index (χ2v) is 3.62. The molecule has 1 aliphatic rings. The number of benzene rings is 1. The van der Waals surface area contributed by atoms with E-state index in [1.54, 1.807) is 12.1 Å². The smallest absolute Gasteiger partial charge is 0.231 e. The molecule has 0 spiro atoms. The minimum absolute atomic E-state index is 0.178. The van der Waals surface area contributed by atoms with Crippen LogP contribution in [0.4, 0.5) is 0 Å². The number of fused-ring (bicyclic) bond motifs is 1. The second kappa shape index (κ2) is 4.59. The highest BCUT2D eigenvalue weighted by Gasteiger charge is 2.19. The highest BCUT2D eigenvalue weighted by atomic mass is 16.7. The third-order valence-electron chi connectivity index (χ3n) is 2.44. The number of hydrogen-bond donors (Lipinski definition) is 2. The first kappa shape index (κ1) is 11.0. The van der Waals surface area contributed by atoms with Gasteiger partial charge in [0, 0.05) is 12.1 Å². The molecule has 0 aromatic heterocycles. The van der Waals surface area contributed by atoms with Crippen LogP contribution in [-0.2, 0) is 0 Å². The fraction of sp³-hybridized carbons (Fsp3) is 0.455. The van der Waals surface area contributed by atoms with Crippen molar-refractivity contribution in [2.75, 3.05) is 19.9 Å². The molecule has 0 saturated heterocycles. The molecular weight excluding hydrogens is 210 g/mol. The Morgan fingerprint density at radius 1 is 1.50 bits per heavy atom. The Hall–Kier alpha value is -1.46. The molecule has 0 bridgehead atoms. The SMILES string of the molecule is Cc1c(OC[C@H](O)CN)ccc2c1OCO2. The molecule has 1 aliphatic heterocycles. The molecule has 1 aromatic carbocycles. The lowest BCUT2D eigenvalue weighted by molar-refractivity contribution is 0.113. The van der Waals surface area contributed by atoms with Gasteiger partial charge in [-0.2, -0.15) is 0 Å². The Bertz CT molecular complexity index is 380. The van der Waals surface area contributed by atoms with Crippen LogP contribution in [0.15, 0.2) is 12.1 Å². The van der Waals surface area contributed by atoms with Crippen LogP contribution < -0.4 is 19.9 Å². The maximum absolute atomic E-state index is 9.30. The molecular formula is C11H15NO4. The van der Waals surface area contributed by atoms with Crippen LogP contribution in [0.1, 0.15) is 5.56 Å². The van der Waals surface area contributed by atoms with E-state index in [-0.39, 0.29) is 19.9 Å². The van der Waals surface area contributed by atoms with Crippen LogP contribution in [0.25, 0.3) is 0 Å². The molecule has 16 heavy (non-hydrogen) atoms. The van der Waals surface area contributed by atoms with Crippen molar-refractivity contribution in [3.8, 4) is 17.2 Å². The summed E-state index contributed by atoms with van der Waals surface area (Å²) in [5.74, 6) is 2.11. The molecule has 0 fully saturated rings. The van der Waals surface area contributed by atoms with E-state index in [2.05, 4.69) is 0 Å². The standard InChI is InChI=1S/C11H15NO4/c1-7-9(14-5-8(13)4-12)2-3-10-11(7)16-6-15-10/h2-3,8,13H,4-6,12H2,1H3/t8-/m1/s1. The molecule has 2 rings (SSSR count). The lowest BCUT2D eigenvalue weighted by Crippen LogP contribution is -2.26. The minimum atomic E-state index is -0.648. The van der Waals surface area contributed by atoms with Crippen molar-refractivity contribution in [2.24, 2.45) is 5.73 Å². The van der Waals surface area contributed by atoms with E-state index in [1.165, 1.54) is 0 Å². The van der Waals surface area contributed by atoms with Crippen LogP contribution in [-0.4, -0.2) is 31.2 Å². The van der Waals surface area contributed by atoms with Crippen molar-refractivity contribution in [1.29, 1.82) is 0 Å². The molecule has 3 N–H and O–H groups in total. The van der Waals surface area contributed by atoms with Gasteiger partial charge in [0.25, 0.3) is 0 Å². The fourth-order valence-corrected chi connectivity index (χ4v) is 1.50. The van der Waals surface area contributed by atoms with Gasteiger partial charge in [-0.05, 0) is 19.1 Å². The Morgan fingerprint density at radius 2 is 2.31 bits per heavy atom. The van der Waals surface area contributed by atoms with Crippen molar-refractivity contribution in [2.45, 2.75) is 13.0 Å². The summed E-state index contributed by atoms with van der Waals surface area (Å²) in [5, 5.41) is 9.30. The number of rotatable bonds is 4. The van der Waals surface area contributed by atoms with Gasteiger partial charge in [-0.15, -0.1) is 0 Å². The van der Waals surface area contributed by atoms with Gasteiger partial charge in [0.1, 0.15) is 18.5 Å². The Morgan fingerprint density at radius 3 is 3.06 bits per heavy atom. The Kier molecular flexibility index (Phi) is 3.17. The summed E-state index contributed by atoms with van der Waals surface area (Å²) in [7, 11) is 0. The van der Waals surface area contributed by atoms with E-state index in [0.29, 0.717) is 11.5 Å². The number of ether oxygens (including phenoxy) is 3. The zero-order valence-corrected chi connectivity index (χ0v) is 9.10. The molecule has 1 atom stereocenters. The lowest BCUT2D eigenvalue weighted by Gasteiger charge is -2.13. The third kappa shape index (κ3) is 2.05. The van der Waals surface area contributed by atoms with Gasteiger partial charge in [0.15, 0.2) is 11.5 Å². The second-order valence-electron chi connectivity index (χ2n) is 3.62. The van der Waals surface area contributed by atoms with Crippen molar-refractivity contribution in [3.63, 3.8) is 0 Å². The summed E-state index contributed by atoms with van der Waals surface area (Å²) in [6.45, 7) is 2.49. The van der Waals surface area contributed by atoms with E-state index >= 15 is 0 Å². The summed E-state index contributed by atoms with van der Waals surface area (Å²) in [5.41, 5.74) is 6.16. The summed E-state index contributed by atoms with van der Waals surface area (Å²) < 4.78 is 16.0. The van der Waals surface area contributed by atoms with E-state index in [0.717, 1.165) is 11.3 Å². The molecule has 0 saturated carbocycles. The van der Waals surface area contributed by atoms with E-state index in [1.807, 2.05) is 6.92 Å². The molecule has 0 radical (unpaired) electrons. The number of hydrogen-bond acceptors (Lipinski definition) is 5. The Labute approximate surface area is 93.7 Å². The number of aliphatic hydroxyl groups is 1. The first-order valence-electron chi connectivity index (χ1n) is 5.12. The molecule has 0 amide bonds. The van der Waals surface area contributed by atoms with Crippen molar-refractivity contribution < 1.29 is 19.3 Å². The fourth-order valence-electron chi connectivity index (χ4n) is 1.50. The summed E-state index contributed by atoms with van der Waals surface area (Å²) in [6, 6.07) is 3.59. The molecule has 88 valence electrons. The first-order chi connectivity index (χ1) is 7.72. The predicted octanol–water partition coefficient (Wildman–Crippen LogP) is 0.422. The minimum Gasteiger partial charge on any atom is -0.490 e. The average molecular weight is 225 g/mol. The normalized spacial score (nSPS) is 14.9. The summed E-state index contributed by atoms with van der Waals surface area (Å²) in [4.78, 5) is 0. The van der Waals surface area contributed by atoms with E-state index in [9.17, 15) is 5.11 Å². The van der Waals surface area contributed by atoms with Gasteiger partial charge < -0.3 is 25.1 Å². The molecule has 1 aromatic rings. The number of nitrogens with two attached hydrogens (primary N) is 1. The highest BCUT2D eigenvalue weighted by Crippen LogP contribution is 2.39. The molecule has 1 heterocycles. The van der Waals surface area contributed by atoms with Crippen LogP contribution in [0.5, 0.6) is 17.2 Å². The van der Waals surface area contributed by atoms with Gasteiger partial charge in [0.05, 0.1) is 0 Å². The molecule has 5 heteroatoms. The maximum atomic E-state index is 9.30. The van der Waals surface area contributed by atoms with Gasteiger partial charge in [-0.1, -0.05) is 0 Å². The van der Waals surface area contributed by atoms with Crippen molar-refractivity contribution in [1.82, 2.24) is 0 Å². The summed E-state index contributed by atoms with van der Waals surface area (Å²) in [6.07, 6.45) is -0.648. The largest absolute Gasteiger partial charge is 0.490 e. The molecule has 0 unspecified atom stereocenters. The zero-order chi connectivity index (χ0) is 11.5. The number of aliphatic hydroxyl groups excluding tert-OH is 1. The monoisotopic (exact) mass is 225 g/mol. The van der Waals surface area contributed by atoms with Crippen LogP contribution in [0, 0.1) is 6.92 Å². The van der Waals surface area contributed by atoms with Gasteiger partial charge in [-0.25, -0.2) is 0 Å². The van der Waals surface area contributed by atoms with Crippen molar-refractivity contribution in [3.05, 3.63) is 17.7 Å².